The summed E-state index contributed by atoms with van der Waals surface area (Å²) in [5, 5.41) is 10.9. The number of nitrogens with zero attached hydrogens (tertiary/aromatic N) is 4. The fraction of sp³-hybridized carbons (Fsp3) is 0.357. The monoisotopic (exact) mass is 333 g/mol. The van der Waals surface area contributed by atoms with Crippen LogP contribution in [-0.4, -0.2) is 42.4 Å². The third-order valence-corrected chi connectivity index (χ3v) is 4.56. The Morgan fingerprint density at radius 1 is 1.43 bits per heavy atom. The van der Waals surface area contributed by atoms with Gasteiger partial charge in [-0.25, -0.2) is 9.36 Å². The van der Waals surface area contributed by atoms with E-state index in [1.165, 1.54) is 28.6 Å². The van der Waals surface area contributed by atoms with Gasteiger partial charge in [-0.3, -0.25) is 14.4 Å². The summed E-state index contributed by atoms with van der Waals surface area (Å²) in [6.07, 6.45) is 3.89. The third-order valence-electron chi connectivity index (χ3n) is 3.55. The van der Waals surface area contributed by atoms with Crippen LogP contribution in [-0.2, 0) is 9.59 Å². The van der Waals surface area contributed by atoms with Gasteiger partial charge in [-0.2, -0.15) is 5.10 Å². The maximum absolute atomic E-state index is 12.3. The van der Waals surface area contributed by atoms with Gasteiger partial charge >= 0.3 is 0 Å². The maximum Gasteiger partial charge on any atom is 0.267 e. The Morgan fingerprint density at radius 2 is 2.26 bits per heavy atom. The van der Waals surface area contributed by atoms with Crippen molar-refractivity contribution >= 4 is 22.8 Å². The van der Waals surface area contributed by atoms with Crippen molar-refractivity contribution in [1.82, 2.24) is 24.9 Å². The molecule has 0 spiro atoms. The second-order valence-electron chi connectivity index (χ2n) is 5.12. The summed E-state index contributed by atoms with van der Waals surface area (Å²) in [6.45, 7) is 1.57. The van der Waals surface area contributed by atoms with Gasteiger partial charge in [-0.1, -0.05) is 11.8 Å². The van der Waals surface area contributed by atoms with Crippen molar-refractivity contribution in [1.29, 1.82) is 0 Å². The van der Waals surface area contributed by atoms with E-state index in [9.17, 15) is 14.4 Å². The lowest BCUT2D eigenvalue weighted by Gasteiger charge is -2.17. The Labute approximate surface area is 135 Å². The van der Waals surface area contributed by atoms with Crippen molar-refractivity contribution < 1.29 is 9.59 Å². The minimum atomic E-state index is -0.823. The third kappa shape index (κ3) is 3.19. The molecule has 2 atom stereocenters. The molecule has 0 radical (unpaired) electrons. The molecule has 0 aromatic carbocycles. The fourth-order valence-electron chi connectivity index (χ4n) is 2.25. The predicted molar refractivity (Wildman–Crippen MR) is 84.3 cm³/mol. The Kier molecular flexibility index (Phi) is 4.28. The lowest BCUT2D eigenvalue weighted by Crippen LogP contribution is -2.43. The first-order valence-corrected chi connectivity index (χ1v) is 8.12. The van der Waals surface area contributed by atoms with Crippen LogP contribution in [0.1, 0.15) is 19.4 Å². The molecule has 1 amide bonds. The summed E-state index contributed by atoms with van der Waals surface area (Å²) in [7, 11) is 0. The number of carbonyl (C=O) groups is 2. The Morgan fingerprint density at radius 3 is 2.91 bits per heavy atom. The average molecular weight is 333 g/mol. The van der Waals surface area contributed by atoms with E-state index in [-0.39, 0.29) is 5.12 Å². The normalized spacial score (nSPS) is 18.8. The minimum absolute atomic E-state index is 0.0452. The molecule has 0 bridgehead atoms. The van der Waals surface area contributed by atoms with E-state index in [1.54, 1.807) is 25.4 Å². The summed E-state index contributed by atoms with van der Waals surface area (Å²) in [6, 6.07) is 3.30. The van der Waals surface area contributed by atoms with Crippen molar-refractivity contribution in [3.05, 3.63) is 40.9 Å². The second-order valence-corrected chi connectivity index (χ2v) is 6.22. The van der Waals surface area contributed by atoms with Crippen LogP contribution in [0, 0.1) is 0 Å². The van der Waals surface area contributed by atoms with E-state index in [1.807, 2.05) is 0 Å². The molecule has 1 aliphatic rings. The first-order chi connectivity index (χ1) is 11.1. The van der Waals surface area contributed by atoms with Gasteiger partial charge in [-0.05, 0) is 25.5 Å². The van der Waals surface area contributed by atoms with Crippen molar-refractivity contribution in [3.8, 4) is 5.82 Å². The molecule has 3 heterocycles. The smallest absolute Gasteiger partial charge is 0.267 e. The molecule has 1 N–H and O–H groups in total. The minimum Gasteiger partial charge on any atom is -0.343 e. The SMILES string of the molecule is C[C@@H](C(=O)N[C@H]1CCSC1=O)n1nc(-n2cccn2)ccc1=O. The first kappa shape index (κ1) is 15.5. The summed E-state index contributed by atoms with van der Waals surface area (Å²) in [5.74, 6) is 0.727. The number of rotatable bonds is 4. The molecule has 1 saturated heterocycles. The number of thioether (sulfide) groups is 1. The van der Waals surface area contributed by atoms with E-state index >= 15 is 0 Å². The summed E-state index contributed by atoms with van der Waals surface area (Å²) in [4.78, 5) is 35.9. The van der Waals surface area contributed by atoms with Gasteiger partial charge in [0, 0.05) is 24.2 Å². The Hall–Kier alpha value is -2.42. The zero-order valence-electron chi connectivity index (χ0n) is 12.4. The summed E-state index contributed by atoms with van der Waals surface area (Å²) < 4.78 is 2.59. The topological polar surface area (TPSA) is 98.9 Å². The standard InChI is InChI=1S/C14H15N5O3S/c1-9(13(21)16-10-5-8-23-14(10)22)19-12(20)4-3-11(17-19)18-7-2-6-15-18/h2-4,6-7,9-10H,5,8H2,1H3,(H,16,21)/t9-,10-/m0/s1. The van der Waals surface area contributed by atoms with Gasteiger partial charge in [0.15, 0.2) is 5.82 Å². The van der Waals surface area contributed by atoms with Crippen molar-refractivity contribution in [2.75, 3.05) is 5.75 Å². The van der Waals surface area contributed by atoms with Gasteiger partial charge in [0.25, 0.3) is 5.56 Å². The molecular weight excluding hydrogens is 318 g/mol. The zero-order chi connectivity index (χ0) is 16.4. The molecule has 3 rings (SSSR count). The molecule has 2 aromatic rings. The van der Waals surface area contributed by atoms with Crippen LogP contribution in [0.4, 0.5) is 0 Å². The van der Waals surface area contributed by atoms with E-state index in [0.29, 0.717) is 18.0 Å². The number of aromatic nitrogens is 4. The highest BCUT2D eigenvalue weighted by Gasteiger charge is 2.29. The molecule has 8 nitrogen and oxygen atoms in total. The molecule has 1 fully saturated rings. The van der Waals surface area contributed by atoms with Crippen LogP contribution in [0.25, 0.3) is 5.82 Å². The van der Waals surface area contributed by atoms with Crippen molar-refractivity contribution in [3.63, 3.8) is 0 Å². The van der Waals surface area contributed by atoms with Crippen LogP contribution in [0.2, 0.25) is 0 Å². The van der Waals surface area contributed by atoms with E-state index < -0.39 is 23.6 Å². The lowest BCUT2D eigenvalue weighted by atomic mass is 10.2. The maximum atomic E-state index is 12.3. The highest BCUT2D eigenvalue weighted by molar-refractivity contribution is 8.14. The molecular formula is C14H15N5O3S. The van der Waals surface area contributed by atoms with Crippen molar-refractivity contribution in [2.45, 2.75) is 25.4 Å². The second kappa shape index (κ2) is 6.37. The highest BCUT2D eigenvalue weighted by atomic mass is 32.2. The van der Waals surface area contributed by atoms with Crippen LogP contribution in [0.3, 0.4) is 0 Å². The molecule has 0 unspecified atom stereocenters. The zero-order valence-corrected chi connectivity index (χ0v) is 13.2. The quantitative estimate of drug-likeness (QED) is 0.854. The number of nitrogens with one attached hydrogen (secondary N) is 1. The van der Waals surface area contributed by atoms with Gasteiger partial charge < -0.3 is 5.32 Å². The number of hydrogen-bond donors (Lipinski definition) is 1. The fourth-order valence-corrected chi connectivity index (χ4v) is 3.18. The van der Waals surface area contributed by atoms with Crippen molar-refractivity contribution in [2.24, 2.45) is 0 Å². The molecule has 1 aliphatic heterocycles. The van der Waals surface area contributed by atoms with E-state index in [4.69, 9.17) is 0 Å². The number of hydrogen-bond acceptors (Lipinski definition) is 6. The number of carbonyl (C=O) groups excluding carboxylic acids is 2. The molecule has 9 heteroatoms. The van der Waals surface area contributed by atoms with Crippen LogP contribution in [0.15, 0.2) is 35.4 Å². The van der Waals surface area contributed by atoms with E-state index in [0.717, 1.165) is 4.68 Å². The average Bonchev–Trinajstić information content (AvgIpc) is 3.20. The Bertz CT molecular complexity index is 786. The van der Waals surface area contributed by atoms with Crippen LogP contribution in [0.5, 0.6) is 0 Å². The highest BCUT2D eigenvalue weighted by Crippen LogP contribution is 2.20. The van der Waals surface area contributed by atoms with Gasteiger partial charge in [0.1, 0.15) is 6.04 Å². The predicted octanol–water partition coefficient (Wildman–Crippen LogP) is 0.138. The van der Waals surface area contributed by atoms with E-state index in [2.05, 4.69) is 15.5 Å². The van der Waals surface area contributed by atoms with Gasteiger partial charge in [0.2, 0.25) is 11.0 Å². The van der Waals surface area contributed by atoms with Gasteiger partial charge in [-0.15, -0.1) is 5.10 Å². The lowest BCUT2D eigenvalue weighted by molar-refractivity contribution is -0.127. The summed E-state index contributed by atoms with van der Waals surface area (Å²) in [5.41, 5.74) is -0.393. The van der Waals surface area contributed by atoms with Crippen LogP contribution < -0.4 is 10.9 Å². The molecule has 23 heavy (non-hydrogen) atoms. The molecule has 0 aliphatic carbocycles. The largest absolute Gasteiger partial charge is 0.343 e. The van der Waals surface area contributed by atoms with Gasteiger partial charge in [0.05, 0.1) is 6.04 Å². The number of amides is 1. The molecule has 120 valence electrons. The Balaban J connectivity index is 1.82. The first-order valence-electron chi connectivity index (χ1n) is 7.13. The molecule has 2 aromatic heterocycles. The molecule has 0 saturated carbocycles. The summed E-state index contributed by atoms with van der Waals surface area (Å²) >= 11 is 1.21. The van der Waals surface area contributed by atoms with Crippen LogP contribution >= 0.6 is 11.8 Å².